The van der Waals surface area contributed by atoms with Gasteiger partial charge in [-0.25, -0.2) is 28.4 Å². The Morgan fingerprint density at radius 2 is 1.90 bits per heavy atom. The van der Waals surface area contributed by atoms with Crippen LogP contribution in [0.15, 0.2) is 36.5 Å². The Morgan fingerprint density at radius 3 is 2.68 bits per heavy atom. The highest BCUT2D eigenvalue weighted by Gasteiger charge is 2.40. The van der Waals surface area contributed by atoms with Crippen LogP contribution >= 0.6 is 0 Å². The lowest BCUT2D eigenvalue weighted by Gasteiger charge is -2.13. The molecule has 0 saturated carbocycles. The highest BCUT2D eigenvalue weighted by molar-refractivity contribution is 6.04. The van der Waals surface area contributed by atoms with Crippen molar-refractivity contribution in [2.45, 2.75) is 32.7 Å². The van der Waals surface area contributed by atoms with E-state index < -0.39 is 11.2 Å². The highest BCUT2D eigenvalue weighted by Crippen LogP contribution is 2.37. The van der Waals surface area contributed by atoms with E-state index in [0.29, 0.717) is 33.7 Å². The van der Waals surface area contributed by atoms with Crippen LogP contribution < -0.4 is 5.32 Å². The number of nitrogens with zero attached hydrogens (tertiary/aromatic N) is 5. The molecule has 0 bridgehead atoms. The predicted molar refractivity (Wildman–Crippen MR) is 110 cm³/mol. The van der Waals surface area contributed by atoms with Gasteiger partial charge in [-0.2, -0.15) is 5.10 Å². The number of amides is 1. The SMILES string of the molecule is Cc1nc2c(cc1F)c(-c1ncc3c(n1)NC(=O)C3(C)C)nn2Cc1ccccc1F. The first kappa shape index (κ1) is 19.2. The zero-order valence-electron chi connectivity index (χ0n) is 17.1. The number of carbonyl (C=O) groups excluding carboxylic acids is 1. The Labute approximate surface area is 176 Å². The van der Waals surface area contributed by atoms with Crippen LogP contribution in [0.4, 0.5) is 14.6 Å². The van der Waals surface area contributed by atoms with Crippen molar-refractivity contribution in [3.8, 4) is 11.5 Å². The maximum atomic E-state index is 14.4. The zero-order valence-corrected chi connectivity index (χ0v) is 17.1. The van der Waals surface area contributed by atoms with Crippen LogP contribution in [0, 0.1) is 18.6 Å². The summed E-state index contributed by atoms with van der Waals surface area (Å²) in [5.74, 6) is -0.413. The Kier molecular flexibility index (Phi) is 4.11. The van der Waals surface area contributed by atoms with E-state index in [1.807, 2.05) is 0 Å². The first-order chi connectivity index (χ1) is 14.8. The number of rotatable bonds is 3. The largest absolute Gasteiger partial charge is 0.310 e. The Morgan fingerprint density at radius 1 is 1.13 bits per heavy atom. The van der Waals surface area contributed by atoms with Gasteiger partial charge in [0.15, 0.2) is 11.5 Å². The van der Waals surface area contributed by atoms with E-state index in [1.54, 1.807) is 45.2 Å². The number of pyridine rings is 1. The summed E-state index contributed by atoms with van der Waals surface area (Å²) in [6, 6.07) is 7.70. The molecule has 1 aliphatic rings. The lowest BCUT2D eigenvalue weighted by molar-refractivity contribution is -0.119. The van der Waals surface area contributed by atoms with Gasteiger partial charge in [0, 0.05) is 17.3 Å². The van der Waals surface area contributed by atoms with Gasteiger partial charge in [0.25, 0.3) is 0 Å². The van der Waals surface area contributed by atoms with E-state index >= 15 is 0 Å². The molecular weight excluding hydrogens is 402 g/mol. The minimum atomic E-state index is -0.745. The molecule has 0 unspecified atom stereocenters. The molecule has 5 rings (SSSR count). The molecule has 0 radical (unpaired) electrons. The van der Waals surface area contributed by atoms with Crippen LogP contribution in [-0.4, -0.2) is 30.6 Å². The average molecular weight is 420 g/mol. The van der Waals surface area contributed by atoms with E-state index in [-0.39, 0.29) is 29.8 Å². The monoisotopic (exact) mass is 420 g/mol. The van der Waals surface area contributed by atoms with Crippen LogP contribution in [0.25, 0.3) is 22.6 Å². The van der Waals surface area contributed by atoms with E-state index in [1.165, 1.54) is 16.8 Å². The molecule has 9 heteroatoms. The van der Waals surface area contributed by atoms with Gasteiger partial charge in [0.1, 0.15) is 23.1 Å². The Balaban J connectivity index is 1.68. The first-order valence-corrected chi connectivity index (χ1v) is 9.72. The van der Waals surface area contributed by atoms with Gasteiger partial charge in [-0.15, -0.1) is 0 Å². The smallest absolute Gasteiger partial charge is 0.235 e. The van der Waals surface area contributed by atoms with E-state index in [4.69, 9.17) is 0 Å². The summed E-state index contributed by atoms with van der Waals surface area (Å²) in [7, 11) is 0. The van der Waals surface area contributed by atoms with Gasteiger partial charge in [-0.3, -0.25) is 4.79 Å². The molecule has 7 nitrogen and oxygen atoms in total. The number of fused-ring (bicyclic) bond motifs is 2. The summed E-state index contributed by atoms with van der Waals surface area (Å²) in [4.78, 5) is 25.4. The molecule has 1 N–H and O–H groups in total. The van der Waals surface area contributed by atoms with E-state index in [9.17, 15) is 13.6 Å². The van der Waals surface area contributed by atoms with Crippen LogP contribution in [0.5, 0.6) is 0 Å². The molecule has 0 atom stereocenters. The average Bonchev–Trinajstić information content (AvgIpc) is 3.18. The van der Waals surface area contributed by atoms with Crippen LogP contribution in [0.1, 0.15) is 30.7 Å². The van der Waals surface area contributed by atoms with Crippen molar-refractivity contribution < 1.29 is 13.6 Å². The van der Waals surface area contributed by atoms with Crippen molar-refractivity contribution in [2.24, 2.45) is 0 Å². The van der Waals surface area contributed by atoms with Gasteiger partial charge in [0.2, 0.25) is 5.91 Å². The normalized spacial score (nSPS) is 14.7. The molecule has 31 heavy (non-hydrogen) atoms. The molecule has 1 amide bonds. The van der Waals surface area contributed by atoms with Gasteiger partial charge in [0.05, 0.1) is 23.0 Å². The van der Waals surface area contributed by atoms with Crippen LogP contribution in [0.3, 0.4) is 0 Å². The quantitative estimate of drug-likeness (QED) is 0.546. The topological polar surface area (TPSA) is 85.6 Å². The second-order valence-electron chi connectivity index (χ2n) is 8.06. The second kappa shape index (κ2) is 6.63. The molecule has 0 aliphatic carbocycles. The molecule has 3 aromatic heterocycles. The summed E-state index contributed by atoms with van der Waals surface area (Å²) in [6.45, 7) is 5.24. The Bertz CT molecular complexity index is 1380. The molecule has 1 aliphatic heterocycles. The molecular formula is C22H18F2N6O. The summed E-state index contributed by atoms with van der Waals surface area (Å²) in [6.07, 6.45) is 1.58. The van der Waals surface area contributed by atoms with Crippen LogP contribution in [0.2, 0.25) is 0 Å². The second-order valence-corrected chi connectivity index (χ2v) is 8.06. The summed E-state index contributed by atoms with van der Waals surface area (Å²) in [5, 5.41) is 7.70. The number of nitrogens with one attached hydrogen (secondary N) is 1. The molecule has 1 aromatic carbocycles. The number of hydrogen-bond acceptors (Lipinski definition) is 5. The number of anilines is 1. The first-order valence-electron chi connectivity index (χ1n) is 9.72. The van der Waals surface area contributed by atoms with Crippen molar-refractivity contribution >= 4 is 22.8 Å². The molecule has 4 heterocycles. The highest BCUT2D eigenvalue weighted by atomic mass is 19.1. The van der Waals surface area contributed by atoms with Gasteiger partial charge >= 0.3 is 0 Å². The molecule has 0 fully saturated rings. The van der Waals surface area contributed by atoms with Gasteiger partial charge < -0.3 is 5.32 Å². The molecule has 0 spiro atoms. The molecule has 4 aromatic rings. The lowest BCUT2D eigenvalue weighted by atomic mass is 9.88. The standard InChI is InChI=1S/C22H18F2N6O/c1-11-16(24)8-13-17(19-25-9-14-18(27-19)28-21(31)22(14,2)3)29-30(20(13)26-11)10-12-6-4-5-7-15(12)23/h4-9H,10H2,1-3H3,(H,25,27,28,31). The van der Waals surface area contributed by atoms with Crippen molar-refractivity contribution in [2.75, 3.05) is 5.32 Å². The third-order valence-corrected chi connectivity index (χ3v) is 5.60. The van der Waals surface area contributed by atoms with Crippen molar-refractivity contribution in [3.63, 3.8) is 0 Å². The minimum absolute atomic E-state index is 0.107. The van der Waals surface area contributed by atoms with Crippen molar-refractivity contribution in [3.05, 3.63) is 65.0 Å². The summed E-state index contributed by atoms with van der Waals surface area (Å²) in [5.41, 5.74) is 1.26. The fourth-order valence-electron chi connectivity index (χ4n) is 3.66. The van der Waals surface area contributed by atoms with Crippen LogP contribution in [-0.2, 0) is 16.8 Å². The fourth-order valence-corrected chi connectivity index (χ4v) is 3.66. The van der Waals surface area contributed by atoms with E-state index in [0.717, 1.165) is 0 Å². The predicted octanol–water partition coefficient (Wildman–Crippen LogP) is 3.75. The number of aromatic nitrogens is 5. The summed E-state index contributed by atoms with van der Waals surface area (Å²) >= 11 is 0. The van der Waals surface area contributed by atoms with Gasteiger partial charge in [-0.1, -0.05) is 18.2 Å². The molecule has 156 valence electrons. The Hall–Kier alpha value is -3.75. The number of benzene rings is 1. The minimum Gasteiger partial charge on any atom is -0.310 e. The fraction of sp³-hybridized carbons (Fsp3) is 0.227. The number of halogens is 2. The molecule has 0 saturated heterocycles. The number of hydrogen-bond donors (Lipinski definition) is 1. The zero-order chi connectivity index (χ0) is 21.9. The van der Waals surface area contributed by atoms with Gasteiger partial charge in [-0.05, 0) is 32.9 Å². The maximum Gasteiger partial charge on any atom is 0.235 e. The number of carbonyl (C=O) groups is 1. The third kappa shape index (κ3) is 2.96. The van der Waals surface area contributed by atoms with E-state index in [2.05, 4.69) is 25.4 Å². The third-order valence-electron chi connectivity index (χ3n) is 5.60. The lowest BCUT2D eigenvalue weighted by Crippen LogP contribution is -2.26. The van der Waals surface area contributed by atoms with Crippen molar-refractivity contribution in [1.82, 2.24) is 24.7 Å². The maximum absolute atomic E-state index is 14.4. The number of aryl methyl sites for hydroxylation is 1. The van der Waals surface area contributed by atoms with Crippen molar-refractivity contribution in [1.29, 1.82) is 0 Å². The summed E-state index contributed by atoms with van der Waals surface area (Å²) < 4.78 is 30.1.